The van der Waals surface area contributed by atoms with Gasteiger partial charge in [-0.15, -0.1) is 0 Å². The van der Waals surface area contributed by atoms with E-state index in [1.807, 2.05) is 86.1 Å². The number of ether oxygens (including phenoxy) is 2. The molecule has 3 aromatic rings. The van der Waals surface area contributed by atoms with Gasteiger partial charge >= 0.3 is 6.03 Å². The summed E-state index contributed by atoms with van der Waals surface area (Å²) in [4.78, 5) is 14.9. The van der Waals surface area contributed by atoms with Crippen LogP contribution in [-0.4, -0.2) is 46.5 Å². The Morgan fingerprint density at radius 1 is 1.06 bits per heavy atom. The van der Waals surface area contributed by atoms with Gasteiger partial charge in [-0.2, -0.15) is 5.10 Å². The van der Waals surface area contributed by atoms with Crippen molar-refractivity contribution in [2.24, 2.45) is 0 Å². The van der Waals surface area contributed by atoms with Crippen LogP contribution in [-0.2, 0) is 17.7 Å². The lowest BCUT2D eigenvalue weighted by Gasteiger charge is -2.28. The van der Waals surface area contributed by atoms with E-state index in [9.17, 15) is 4.79 Å². The fraction of sp³-hybridized carbons (Fsp3) is 0.385. The zero-order valence-corrected chi connectivity index (χ0v) is 20.2. The molecule has 0 bridgehead atoms. The fourth-order valence-electron chi connectivity index (χ4n) is 3.41. The Labute approximate surface area is 196 Å². The molecule has 0 aliphatic carbocycles. The highest BCUT2D eigenvalue weighted by molar-refractivity contribution is 5.75. The molecule has 1 N–H and O–H groups in total. The number of benzene rings is 2. The number of hydrogen-bond acceptors (Lipinski definition) is 4. The van der Waals surface area contributed by atoms with Crippen molar-refractivity contribution in [1.82, 2.24) is 20.0 Å². The quantitative estimate of drug-likeness (QED) is 0.488. The Kier molecular flexibility index (Phi) is 8.11. The molecular weight excluding hydrogens is 416 g/mol. The molecule has 1 heterocycles. The minimum absolute atomic E-state index is 0.153. The average Bonchev–Trinajstić information content (AvgIpc) is 3.13. The number of hydrogen-bond donors (Lipinski definition) is 1. The number of rotatable bonds is 9. The monoisotopic (exact) mass is 450 g/mol. The zero-order chi connectivity index (χ0) is 23.8. The first-order chi connectivity index (χ1) is 15.8. The SMILES string of the molecule is CCc1nn(-c2ccccc2)c(Oc2ccccc2)c1CN(CCOC)C(=O)NC(C)(C)C. The van der Waals surface area contributed by atoms with E-state index in [1.165, 1.54) is 0 Å². The molecule has 7 nitrogen and oxygen atoms in total. The van der Waals surface area contributed by atoms with Crippen LogP contribution in [0, 0.1) is 0 Å². The second-order valence-electron chi connectivity index (χ2n) is 8.84. The predicted octanol–water partition coefficient (Wildman–Crippen LogP) is 5.18. The van der Waals surface area contributed by atoms with Crippen LogP contribution in [0.3, 0.4) is 0 Å². The maximum absolute atomic E-state index is 13.1. The van der Waals surface area contributed by atoms with Crippen LogP contribution in [0.4, 0.5) is 4.79 Å². The molecule has 0 aliphatic heterocycles. The highest BCUT2D eigenvalue weighted by atomic mass is 16.5. The van der Waals surface area contributed by atoms with Gasteiger partial charge in [0.2, 0.25) is 5.88 Å². The molecule has 1 aromatic heterocycles. The molecule has 7 heteroatoms. The molecule has 0 saturated carbocycles. The number of nitrogens with zero attached hydrogens (tertiary/aromatic N) is 3. The molecule has 0 spiro atoms. The summed E-state index contributed by atoms with van der Waals surface area (Å²) in [7, 11) is 1.63. The lowest BCUT2D eigenvalue weighted by atomic mass is 10.1. The highest BCUT2D eigenvalue weighted by Gasteiger charge is 2.26. The van der Waals surface area contributed by atoms with Gasteiger partial charge in [0, 0.05) is 19.2 Å². The molecule has 0 radical (unpaired) electrons. The predicted molar refractivity (Wildman–Crippen MR) is 130 cm³/mol. The van der Waals surface area contributed by atoms with Gasteiger partial charge in [-0.1, -0.05) is 43.3 Å². The summed E-state index contributed by atoms with van der Waals surface area (Å²) in [5, 5.41) is 7.92. The number of aromatic nitrogens is 2. The summed E-state index contributed by atoms with van der Waals surface area (Å²) in [5.41, 5.74) is 2.31. The summed E-state index contributed by atoms with van der Waals surface area (Å²) in [6.45, 7) is 9.19. The second-order valence-corrected chi connectivity index (χ2v) is 8.84. The normalized spacial score (nSPS) is 11.3. The maximum atomic E-state index is 13.1. The van der Waals surface area contributed by atoms with Gasteiger partial charge in [-0.3, -0.25) is 0 Å². The van der Waals surface area contributed by atoms with Crippen LogP contribution >= 0.6 is 0 Å². The van der Waals surface area contributed by atoms with Crippen LogP contribution < -0.4 is 10.1 Å². The third-order valence-electron chi connectivity index (χ3n) is 5.00. The fourth-order valence-corrected chi connectivity index (χ4v) is 3.41. The third kappa shape index (κ3) is 6.58. The number of nitrogens with one attached hydrogen (secondary N) is 1. The van der Waals surface area contributed by atoms with Crippen molar-refractivity contribution in [3.8, 4) is 17.3 Å². The molecule has 0 fully saturated rings. The summed E-state index contributed by atoms with van der Waals surface area (Å²) in [6.07, 6.45) is 0.708. The highest BCUT2D eigenvalue weighted by Crippen LogP contribution is 2.32. The molecular formula is C26H34N4O3. The summed E-state index contributed by atoms with van der Waals surface area (Å²) < 4.78 is 13.5. The van der Waals surface area contributed by atoms with Crippen LogP contribution in [0.1, 0.15) is 39.0 Å². The molecule has 33 heavy (non-hydrogen) atoms. The number of carbonyl (C=O) groups is 1. The number of amides is 2. The zero-order valence-electron chi connectivity index (χ0n) is 20.2. The molecule has 0 aliphatic rings. The van der Waals surface area contributed by atoms with Gasteiger partial charge in [0.25, 0.3) is 0 Å². The Hall–Kier alpha value is -3.32. The number of urea groups is 1. The minimum atomic E-state index is -0.354. The molecule has 2 aromatic carbocycles. The van der Waals surface area contributed by atoms with E-state index in [0.717, 1.165) is 16.9 Å². The van der Waals surface area contributed by atoms with E-state index in [-0.39, 0.29) is 11.6 Å². The lowest BCUT2D eigenvalue weighted by Crippen LogP contribution is -2.49. The topological polar surface area (TPSA) is 68.6 Å². The van der Waals surface area contributed by atoms with Crippen LogP contribution in [0.2, 0.25) is 0 Å². The summed E-state index contributed by atoms with van der Waals surface area (Å²) in [6, 6.07) is 19.4. The van der Waals surface area contributed by atoms with E-state index in [1.54, 1.807) is 12.0 Å². The van der Waals surface area contributed by atoms with Crippen LogP contribution in [0.15, 0.2) is 60.7 Å². The summed E-state index contributed by atoms with van der Waals surface area (Å²) in [5.74, 6) is 1.32. The van der Waals surface area contributed by atoms with Crippen molar-refractivity contribution in [3.63, 3.8) is 0 Å². The Morgan fingerprint density at radius 2 is 1.70 bits per heavy atom. The first kappa shape index (κ1) is 24.3. The third-order valence-corrected chi connectivity index (χ3v) is 5.00. The van der Waals surface area contributed by atoms with Gasteiger partial charge in [-0.05, 0) is 51.5 Å². The summed E-state index contributed by atoms with van der Waals surface area (Å²) >= 11 is 0. The first-order valence-corrected chi connectivity index (χ1v) is 11.3. The van der Waals surface area contributed by atoms with E-state index in [4.69, 9.17) is 14.6 Å². The van der Waals surface area contributed by atoms with E-state index in [2.05, 4.69) is 12.2 Å². The van der Waals surface area contributed by atoms with Crippen LogP contribution in [0.5, 0.6) is 11.6 Å². The largest absolute Gasteiger partial charge is 0.439 e. The van der Waals surface area contributed by atoms with Crippen molar-refractivity contribution < 1.29 is 14.3 Å². The number of carbonyl (C=O) groups excluding carboxylic acids is 1. The van der Waals surface area contributed by atoms with Crippen molar-refractivity contribution in [2.45, 2.75) is 46.2 Å². The standard InChI is InChI=1S/C26H34N4O3/c1-6-23-22(19-29(17-18-32-5)25(31)27-26(2,3)4)24(33-21-15-11-8-12-16-21)30(28-23)20-13-9-7-10-14-20/h7-16H,6,17-19H2,1-5H3,(H,27,31). The number of methoxy groups -OCH3 is 1. The molecule has 176 valence electrons. The van der Waals surface area contributed by atoms with Crippen LogP contribution in [0.25, 0.3) is 5.69 Å². The smallest absolute Gasteiger partial charge is 0.318 e. The lowest BCUT2D eigenvalue weighted by molar-refractivity contribution is 0.142. The molecule has 0 atom stereocenters. The minimum Gasteiger partial charge on any atom is -0.439 e. The molecule has 2 amide bonds. The van der Waals surface area contributed by atoms with Gasteiger partial charge in [0.15, 0.2) is 0 Å². The van der Waals surface area contributed by atoms with Gasteiger partial charge < -0.3 is 19.7 Å². The second kappa shape index (κ2) is 11.0. The van der Waals surface area contributed by atoms with E-state index >= 15 is 0 Å². The van der Waals surface area contributed by atoms with Gasteiger partial charge in [0.1, 0.15) is 5.75 Å². The van der Waals surface area contributed by atoms with Crippen molar-refractivity contribution >= 4 is 6.03 Å². The Morgan fingerprint density at radius 3 is 2.27 bits per heavy atom. The Bertz CT molecular complexity index is 1030. The maximum Gasteiger partial charge on any atom is 0.318 e. The molecule has 3 rings (SSSR count). The molecule has 0 unspecified atom stereocenters. The Balaban J connectivity index is 2.05. The molecule has 0 saturated heterocycles. The average molecular weight is 451 g/mol. The van der Waals surface area contributed by atoms with Gasteiger partial charge in [0.05, 0.1) is 30.1 Å². The number of para-hydroxylation sites is 2. The van der Waals surface area contributed by atoms with Crippen molar-refractivity contribution in [3.05, 3.63) is 71.9 Å². The van der Waals surface area contributed by atoms with Crippen molar-refractivity contribution in [1.29, 1.82) is 0 Å². The van der Waals surface area contributed by atoms with Gasteiger partial charge in [-0.25, -0.2) is 9.48 Å². The first-order valence-electron chi connectivity index (χ1n) is 11.3. The van der Waals surface area contributed by atoms with E-state index < -0.39 is 0 Å². The number of aryl methyl sites for hydroxylation is 1. The van der Waals surface area contributed by atoms with E-state index in [0.29, 0.717) is 37.7 Å². The van der Waals surface area contributed by atoms with Crippen molar-refractivity contribution in [2.75, 3.05) is 20.3 Å².